The Morgan fingerprint density at radius 2 is 1.46 bits per heavy atom. The Balaban J connectivity index is 3.07. The third-order valence-electron chi connectivity index (χ3n) is 2.91. The van der Waals surface area contributed by atoms with E-state index in [9.17, 15) is 0 Å². The fraction of sp³-hybridized carbons (Fsp3) is 1.00. The predicted octanol–water partition coefficient (Wildman–Crippen LogP) is 3.72. The Morgan fingerprint density at radius 3 is 2.00 bits per heavy atom. The molecule has 0 aliphatic heterocycles. The fourth-order valence-electron chi connectivity index (χ4n) is 1.51. The van der Waals surface area contributed by atoms with Crippen LogP contribution in [0.15, 0.2) is 0 Å². The van der Waals surface area contributed by atoms with Gasteiger partial charge in [0.05, 0.1) is 0 Å². The Hall–Kier alpha value is -0.0400. The lowest BCUT2D eigenvalue weighted by Gasteiger charge is -2.14. The maximum absolute atomic E-state index is 5.80. The van der Waals surface area contributed by atoms with Gasteiger partial charge in [-0.15, -0.1) is 0 Å². The van der Waals surface area contributed by atoms with E-state index in [1.54, 1.807) is 0 Å². The van der Waals surface area contributed by atoms with Crippen molar-refractivity contribution in [1.29, 1.82) is 0 Å². The summed E-state index contributed by atoms with van der Waals surface area (Å²) in [6.45, 7) is 6.64. The van der Waals surface area contributed by atoms with Gasteiger partial charge < -0.3 is 5.73 Å². The van der Waals surface area contributed by atoms with Crippen molar-refractivity contribution in [2.45, 2.75) is 71.8 Å². The van der Waals surface area contributed by atoms with Crippen LogP contribution in [0.25, 0.3) is 0 Å². The Bertz CT molecular complexity index is 99.3. The molecule has 2 N–H and O–H groups in total. The summed E-state index contributed by atoms with van der Waals surface area (Å²) in [7, 11) is 0. The van der Waals surface area contributed by atoms with Gasteiger partial charge >= 0.3 is 0 Å². The molecule has 0 rings (SSSR count). The summed E-state index contributed by atoms with van der Waals surface area (Å²) in [5.41, 5.74) is 5.80. The molecule has 13 heavy (non-hydrogen) atoms. The smallest absolute Gasteiger partial charge is 0.00361 e. The van der Waals surface area contributed by atoms with Gasteiger partial charge in [0.25, 0.3) is 0 Å². The molecule has 1 heteroatoms. The highest BCUT2D eigenvalue weighted by Crippen LogP contribution is 2.13. The molecule has 0 aromatic heterocycles. The molecule has 0 aromatic carbocycles. The van der Waals surface area contributed by atoms with Crippen molar-refractivity contribution < 1.29 is 0 Å². The minimum atomic E-state index is 0.371. The van der Waals surface area contributed by atoms with Crippen LogP contribution in [0.3, 0.4) is 0 Å². The molecule has 0 bridgehead atoms. The summed E-state index contributed by atoms with van der Waals surface area (Å²) in [5.74, 6) is 0.700. The number of nitrogens with two attached hydrogens (primary N) is 1. The van der Waals surface area contributed by atoms with E-state index < -0.39 is 0 Å². The molecule has 0 aliphatic carbocycles. The average molecular weight is 185 g/mol. The van der Waals surface area contributed by atoms with Crippen LogP contribution in [0.4, 0.5) is 0 Å². The quantitative estimate of drug-likeness (QED) is 0.573. The lowest BCUT2D eigenvalue weighted by atomic mass is 9.96. The SMILES string of the molecule is CCCCCCCC[C@H](C)C(C)N. The zero-order valence-corrected chi connectivity index (χ0v) is 9.68. The van der Waals surface area contributed by atoms with E-state index in [4.69, 9.17) is 5.73 Å². The Labute approximate surface area is 84.1 Å². The van der Waals surface area contributed by atoms with E-state index in [2.05, 4.69) is 20.8 Å². The molecule has 2 atom stereocenters. The molecule has 0 saturated carbocycles. The second kappa shape index (κ2) is 8.55. The maximum Gasteiger partial charge on any atom is 0.00361 e. The van der Waals surface area contributed by atoms with E-state index in [0.717, 1.165) is 0 Å². The van der Waals surface area contributed by atoms with Crippen LogP contribution in [-0.4, -0.2) is 6.04 Å². The molecule has 0 aliphatic rings. The first kappa shape index (κ1) is 13.0. The molecule has 0 saturated heterocycles. The highest BCUT2D eigenvalue weighted by atomic mass is 14.6. The second-order valence-electron chi connectivity index (χ2n) is 4.39. The van der Waals surface area contributed by atoms with Gasteiger partial charge in [-0.3, -0.25) is 0 Å². The first-order valence-electron chi connectivity index (χ1n) is 5.94. The molecule has 0 fully saturated rings. The van der Waals surface area contributed by atoms with E-state index >= 15 is 0 Å². The van der Waals surface area contributed by atoms with Gasteiger partial charge in [-0.2, -0.15) is 0 Å². The number of rotatable bonds is 8. The summed E-state index contributed by atoms with van der Waals surface area (Å²) >= 11 is 0. The standard InChI is InChI=1S/C12H27N/c1-4-5-6-7-8-9-10-11(2)12(3)13/h11-12H,4-10,13H2,1-3H3/t11-,12?/m0/s1. The van der Waals surface area contributed by atoms with Crippen LogP contribution in [0.1, 0.15) is 65.7 Å². The summed E-state index contributed by atoms with van der Waals surface area (Å²) in [6, 6.07) is 0.371. The van der Waals surface area contributed by atoms with Crippen molar-refractivity contribution in [3.8, 4) is 0 Å². The molecule has 0 spiro atoms. The van der Waals surface area contributed by atoms with Crippen molar-refractivity contribution >= 4 is 0 Å². The largest absolute Gasteiger partial charge is 0.328 e. The van der Waals surface area contributed by atoms with E-state index in [1.807, 2.05) is 0 Å². The van der Waals surface area contributed by atoms with Crippen LogP contribution in [0, 0.1) is 5.92 Å². The monoisotopic (exact) mass is 185 g/mol. The maximum atomic E-state index is 5.80. The van der Waals surface area contributed by atoms with Crippen LogP contribution in [0.5, 0.6) is 0 Å². The van der Waals surface area contributed by atoms with Gasteiger partial charge in [-0.1, -0.05) is 52.4 Å². The molecular weight excluding hydrogens is 158 g/mol. The van der Waals surface area contributed by atoms with Crippen LogP contribution >= 0.6 is 0 Å². The normalized spacial score (nSPS) is 15.7. The Kier molecular flexibility index (Phi) is 8.53. The minimum absolute atomic E-state index is 0.371. The summed E-state index contributed by atoms with van der Waals surface area (Å²) < 4.78 is 0. The van der Waals surface area contributed by atoms with Crippen molar-refractivity contribution in [1.82, 2.24) is 0 Å². The molecule has 0 radical (unpaired) electrons. The van der Waals surface area contributed by atoms with E-state index in [-0.39, 0.29) is 0 Å². The summed E-state index contributed by atoms with van der Waals surface area (Å²) in [6.07, 6.45) is 9.66. The molecular formula is C12H27N. The van der Waals surface area contributed by atoms with Gasteiger partial charge in [0.15, 0.2) is 0 Å². The number of hydrogen-bond acceptors (Lipinski definition) is 1. The molecule has 0 amide bonds. The van der Waals surface area contributed by atoms with Crippen molar-refractivity contribution in [3.63, 3.8) is 0 Å². The third kappa shape index (κ3) is 8.29. The number of unbranched alkanes of at least 4 members (excludes halogenated alkanes) is 5. The molecule has 80 valence electrons. The van der Waals surface area contributed by atoms with E-state index in [1.165, 1.54) is 44.9 Å². The van der Waals surface area contributed by atoms with Gasteiger partial charge in [0.2, 0.25) is 0 Å². The average Bonchev–Trinajstić information content (AvgIpc) is 2.10. The lowest BCUT2D eigenvalue weighted by molar-refractivity contribution is 0.424. The molecule has 0 aromatic rings. The van der Waals surface area contributed by atoms with Gasteiger partial charge in [0.1, 0.15) is 0 Å². The minimum Gasteiger partial charge on any atom is -0.328 e. The zero-order valence-electron chi connectivity index (χ0n) is 9.68. The predicted molar refractivity (Wildman–Crippen MR) is 60.8 cm³/mol. The zero-order chi connectivity index (χ0) is 10.1. The fourth-order valence-corrected chi connectivity index (χ4v) is 1.51. The third-order valence-corrected chi connectivity index (χ3v) is 2.91. The van der Waals surface area contributed by atoms with Gasteiger partial charge in [-0.25, -0.2) is 0 Å². The highest BCUT2D eigenvalue weighted by Gasteiger charge is 2.05. The summed E-state index contributed by atoms with van der Waals surface area (Å²) in [4.78, 5) is 0. The topological polar surface area (TPSA) is 26.0 Å². The van der Waals surface area contributed by atoms with Crippen molar-refractivity contribution in [2.24, 2.45) is 11.7 Å². The summed E-state index contributed by atoms with van der Waals surface area (Å²) in [5, 5.41) is 0. The van der Waals surface area contributed by atoms with Crippen molar-refractivity contribution in [2.75, 3.05) is 0 Å². The molecule has 1 nitrogen and oxygen atoms in total. The first-order valence-corrected chi connectivity index (χ1v) is 5.94. The van der Waals surface area contributed by atoms with Crippen LogP contribution in [-0.2, 0) is 0 Å². The van der Waals surface area contributed by atoms with Crippen LogP contribution < -0.4 is 5.73 Å². The molecule has 1 unspecified atom stereocenters. The van der Waals surface area contributed by atoms with Crippen molar-refractivity contribution in [3.05, 3.63) is 0 Å². The highest BCUT2D eigenvalue weighted by molar-refractivity contribution is 4.63. The first-order chi connectivity index (χ1) is 6.18. The lowest BCUT2D eigenvalue weighted by Crippen LogP contribution is -2.23. The van der Waals surface area contributed by atoms with Gasteiger partial charge in [0, 0.05) is 6.04 Å². The Morgan fingerprint density at radius 1 is 0.923 bits per heavy atom. The molecule has 0 heterocycles. The van der Waals surface area contributed by atoms with Gasteiger partial charge in [-0.05, 0) is 19.3 Å². The second-order valence-corrected chi connectivity index (χ2v) is 4.39. The number of hydrogen-bond donors (Lipinski definition) is 1. The van der Waals surface area contributed by atoms with E-state index in [0.29, 0.717) is 12.0 Å². The van der Waals surface area contributed by atoms with Crippen LogP contribution in [0.2, 0.25) is 0 Å².